The average molecular weight is 880 g/mol. The molecule has 0 spiro atoms. The number of esters is 1. The lowest BCUT2D eigenvalue weighted by Gasteiger charge is -2.24. The molecule has 3 saturated heterocycles. The van der Waals surface area contributed by atoms with Crippen LogP contribution in [-0.4, -0.2) is 135 Å². The Bertz CT molecular complexity index is 2090. The molecule has 6 heterocycles. The first kappa shape index (κ1) is 43.9. The lowest BCUT2D eigenvalue weighted by molar-refractivity contribution is -0.158. The zero-order valence-electron chi connectivity index (χ0n) is 30.4. The highest BCUT2D eigenvalue weighted by atomic mass is 32.2. The Hall–Kier alpha value is -3.66. The van der Waals surface area contributed by atoms with Crippen LogP contribution in [0.5, 0.6) is 0 Å². The normalized spacial score (nSPS) is 27.7. The van der Waals surface area contributed by atoms with Gasteiger partial charge in [-0.2, -0.15) is 4.98 Å². The summed E-state index contributed by atoms with van der Waals surface area (Å²) >= 11 is 1.62. The number of unbranched alkanes of at least 4 members (excludes halogenated alkanes) is 1. The highest BCUT2D eigenvalue weighted by molar-refractivity contribution is 7.99. The number of nitrogens with zero attached hydrogens (tertiary/aromatic N) is 6. The average Bonchev–Trinajstić information content (AvgIpc) is 3.97. The number of hydrogen-bond donors (Lipinski definition) is 9. The van der Waals surface area contributed by atoms with Crippen LogP contribution >= 0.6 is 27.4 Å². The molecule has 6 rings (SSSR count). The Morgan fingerprint density at radius 2 is 1.86 bits per heavy atom. The Kier molecular flexibility index (Phi) is 14.2. The first-order valence-corrected chi connectivity index (χ1v) is 21.8. The van der Waals surface area contributed by atoms with Gasteiger partial charge in [0.1, 0.15) is 54.3 Å². The van der Waals surface area contributed by atoms with E-state index >= 15 is 0 Å². The lowest BCUT2D eigenvalue weighted by Crippen LogP contribution is -2.43. The predicted molar refractivity (Wildman–Crippen MR) is 199 cm³/mol. The maximum absolute atomic E-state index is 13.4. The van der Waals surface area contributed by atoms with E-state index in [4.69, 9.17) is 40.5 Å². The molecular formula is C29H43N11O15P2S. The number of imidazole rings is 1. The third kappa shape index (κ3) is 10.9. The van der Waals surface area contributed by atoms with E-state index < -0.39 is 89.5 Å². The van der Waals surface area contributed by atoms with E-state index in [1.165, 1.54) is 23.2 Å². The van der Waals surface area contributed by atoms with Crippen molar-refractivity contribution in [2.24, 2.45) is 5.73 Å². The number of aromatic nitrogens is 6. The van der Waals surface area contributed by atoms with Gasteiger partial charge in [-0.1, -0.05) is 0 Å². The van der Waals surface area contributed by atoms with Crippen molar-refractivity contribution in [1.82, 2.24) is 39.7 Å². The molecule has 10 atom stereocenters. The summed E-state index contributed by atoms with van der Waals surface area (Å²) in [5, 5.41) is 17.4. The number of phosphoric acid groups is 2. The number of aliphatic hydroxyl groups is 1. The standard InChI is InChI=1S/C29H43N11O15P2S/c30-14(3-1-2-5-33-26(42)15-10-58-13-37-15)28(43)54-23-18(53-27(22(23)41)40-12-36-21-24(32)34-11-35-25(21)40)9-51-57(48,49)55-16-7-20(39-6-4-19(31)38-29(39)44)52-17(16)8-50-56(45,46)47/h4,6,11-12,14-18,20,22-23,27,37,41H,1-3,5,7-10,13,30H2,(H,33,42)(H,48,49)(H2,31,38,44)(H2,32,34,35)(H2,45,46,47)/t14?,15-,16-,17-,18+,20+,22+,23+,27+/m0/s1. The van der Waals surface area contributed by atoms with Crippen LogP contribution in [0.2, 0.25) is 0 Å². The van der Waals surface area contributed by atoms with Crippen molar-refractivity contribution >= 4 is 62.1 Å². The second-order valence-corrected chi connectivity index (χ2v) is 17.0. The van der Waals surface area contributed by atoms with Crippen LogP contribution in [0.1, 0.15) is 38.1 Å². The zero-order chi connectivity index (χ0) is 41.8. The van der Waals surface area contributed by atoms with Crippen LogP contribution in [0.3, 0.4) is 0 Å². The maximum Gasteiger partial charge on any atom is 0.472 e. The summed E-state index contributed by atoms with van der Waals surface area (Å²) in [5.41, 5.74) is 17.1. The zero-order valence-corrected chi connectivity index (χ0v) is 33.0. The molecule has 0 aliphatic carbocycles. The van der Waals surface area contributed by atoms with Crippen LogP contribution in [-0.2, 0) is 46.5 Å². The quantitative estimate of drug-likeness (QED) is 0.0365. The molecule has 58 heavy (non-hydrogen) atoms. The van der Waals surface area contributed by atoms with Crippen LogP contribution in [0.25, 0.3) is 11.2 Å². The number of nitrogens with two attached hydrogens (primary N) is 3. The minimum absolute atomic E-state index is 0.0253. The fourth-order valence-corrected chi connectivity index (χ4v) is 8.57. The van der Waals surface area contributed by atoms with E-state index in [1.807, 2.05) is 0 Å². The van der Waals surface area contributed by atoms with Gasteiger partial charge in [0, 0.05) is 30.8 Å². The minimum Gasteiger partial charge on any atom is -0.455 e. The Labute approximate surface area is 332 Å². The number of nitrogen functional groups attached to an aromatic ring is 2. The maximum atomic E-state index is 13.4. The molecule has 3 fully saturated rings. The summed E-state index contributed by atoms with van der Waals surface area (Å²) in [5.74, 6) is 0.248. The molecule has 3 aliphatic rings. The van der Waals surface area contributed by atoms with Gasteiger partial charge < -0.3 is 56.5 Å². The number of anilines is 2. The second kappa shape index (κ2) is 18.7. The van der Waals surface area contributed by atoms with Crippen molar-refractivity contribution < 1.29 is 66.3 Å². The number of amides is 1. The number of hydrogen-bond acceptors (Lipinski definition) is 21. The van der Waals surface area contributed by atoms with Crippen LogP contribution in [0.4, 0.5) is 11.6 Å². The van der Waals surface area contributed by atoms with Crippen molar-refractivity contribution in [3.8, 4) is 0 Å². The Balaban J connectivity index is 1.12. The highest BCUT2D eigenvalue weighted by Crippen LogP contribution is 2.50. The van der Waals surface area contributed by atoms with Crippen molar-refractivity contribution in [3.05, 3.63) is 35.4 Å². The number of ether oxygens (including phenoxy) is 3. The molecule has 29 heteroatoms. The SMILES string of the molecule is Nc1ccn([C@H]2C[C@H](OP(=O)(O)OC[C@H]3O[C@@H](n4cnc5c(N)ncnc54)[C@H](O)[C@@H]3OC(=O)C(N)CCCCNC(=O)[C@@H]3CSCN3)[C@H](COP(=O)(O)O)O2)c(=O)n1. The molecule has 0 radical (unpaired) electrons. The van der Waals surface area contributed by atoms with Crippen LogP contribution < -0.4 is 33.5 Å². The number of carbonyl (C=O) groups excluding carboxylic acids is 2. The fourth-order valence-electron chi connectivity index (χ4n) is 6.33. The van der Waals surface area contributed by atoms with Gasteiger partial charge in [-0.3, -0.25) is 37.6 Å². The summed E-state index contributed by atoms with van der Waals surface area (Å²) in [4.78, 5) is 83.1. The molecule has 26 nitrogen and oxygen atoms in total. The number of carbonyl (C=O) groups is 2. The van der Waals surface area contributed by atoms with E-state index in [0.29, 0.717) is 31.0 Å². The first-order valence-electron chi connectivity index (χ1n) is 17.7. The van der Waals surface area contributed by atoms with Gasteiger partial charge in [0.05, 0.1) is 25.6 Å². The van der Waals surface area contributed by atoms with Gasteiger partial charge >= 0.3 is 27.3 Å². The van der Waals surface area contributed by atoms with Gasteiger partial charge in [0.25, 0.3) is 0 Å². The number of thioether (sulfide) groups is 1. The smallest absolute Gasteiger partial charge is 0.455 e. The summed E-state index contributed by atoms with van der Waals surface area (Å²) in [6, 6.07) is -0.150. The molecule has 0 aromatic carbocycles. The van der Waals surface area contributed by atoms with Crippen LogP contribution in [0, 0.1) is 0 Å². The Morgan fingerprint density at radius 1 is 1.09 bits per heavy atom. The Morgan fingerprint density at radius 3 is 2.59 bits per heavy atom. The van der Waals surface area contributed by atoms with E-state index in [-0.39, 0.29) is 47.6 Å². The van der Waals surface area contributed by atoms with E-state index in [9.17, 15) is 43.3 Å². The topological polar surface area (TPSA) is 385 Å². The molecule has 3 aliphatic heterocycles. The fraction of sp³-hybridized carbons (Fsp3) is 0.621. The van der Waals surface area contributed by atoms with Crippen molar-refractivity contribution in [3.63, 3.8) is 0 Å². The third-order valence-corrected chi connectivity index (χ3v) is 11.7. The molecule has 12 N–H and O–H groups in total. The third-order valence-electron chi connectivity index (χ3n) is 9.22. The molecule has 0 saturated carbocycles. The van der Waals surface area contributed by atoms with Crippen molar-refractivity contribution in [2.75, 3.05) is 42.9 Å². The van der Waals surface area contributed by atoms with Crippen LogP contribution in [0.15, 0.2) is 29.7 Å². The van der Waals surface area contributed by atoms with E-state index in [0.717, 1.165) is 10.9 Å². The van der Waals surface area contributed by atoms with Gasteiger partial charge in [-0.05, 0) is 25.3 Å². The molecule has 3 aromatic heterocycles. The molecule has 320 valence electrons. The monoisotopic (exact) mass is 879 g/mol. The molecule has 3 aromatic rings. The number of phosphoric ester groups is 2. The van der Waals surface area contributed by atoms with Gasteiger partial charge in [0.15, 0.2) is 23.8 Å². The largest absolute Gasteiger partial charge is 0.472 e. The van der Waals surface area contributed by atoms with E-state index in [1.54, 1.807) is 11.8 Å². The van der Waals surface area contributed by atoms with Gasteiger partial charge in [0.2, 0.25) is 5.91 Å². The predicted octanol–water partition coefficient (Wildman–Crippen LogP) is -2.41. The minimum atomic E-state index is -5.17. The summed E-state index contributed by atoms with van der Waals surface area (Å²) in [6.07, 6.45) is -5.68. The summed E-state index contributed by atoms with van der Waals surface area (Å²) in [6.45, 7) is -1.31. The number of aliphatic hydroxyl groups excluding tert-OH is 1. The second-order valence-electron chi connectivity index (χ2n) is 13.3. The number of rotatable bonds is 18. The lowest BCUT2D eigenvalue weighted by atomic mass is 10.1. The van der Waals surface area contributed by atoms with Crippen molar-refractivity contribution in [2.45, 2.75) is 80.7 Å². The van der Waals surface area contributed by atoms with Gasteiger partial charge in [-0.25, -0.2) is 28.9 Å². The molecule has 0 bridgehead atoms. The number of fused-ring (bicyclic) bond motifs is 1. The summed E-state index contributed by atoms with van der Waals surface area (Å²) in [7, 11) is -10.2. The van der Waals surface area contributed by atoms with Gasteiger partial charge in [-0.15, -0.1) is 11.8 Å². The summed E-state index contributed by atoms with van der Waals surface area (Å²) < 4.78 is 59.6. The van der Waals surface area contributed by atoms with E-state index in [2.05, 4.69) is 35.1 Å². The first-order chi connectivity index (χ1) is 27.5. The highest BCUT2D eigenvalue weighted by Gasteiger charge is 2.50. The number of nitrogens with one attached hydrogen (secondary N) is 2. The van der Waals surface area contributed by atoms with Crippen molar-refractivity contribution in [1.29, 1.82) is 0 Å². The molecule has 1 amide bonds. The molecule has 2 unspecified atom stereocenters. The molecular weight excluding hydrogens is 836 g/mol.